The number of rotatable bonds is 1. The predicted octanol–water partition coefficient (Wildman–Crippen LogP) is 1.87. The number of nitrogens with zero attached hydrogens (tertiary/aromatic N) is 1. The largest absolute Gasteiger partial charge is 0.260 e. The Bertz CT molecular complexity index is 193. The molecule has 0 N–H and O–H groups in total. The molecule has 1 atom stereocenters. The van der Waals surface area contributed by atoms with E-state index in [1.807, 2.05) is 30.1 Å². The summed E-state index contributed by atoms with van der Waals surface area (Å²) in [5, 5.41) is 0.714. The summed E-state index contributed by atoms with van der Waals surface area (Å²) in [5.74, 6) is 1.26. The van der Waals surface area contributed by atoms with Crippen molar-refractivity contribution in [2.45, 2.75) is 5.25 Å². The number of aromatic nitrogens is 1. The second-order valence-electron chi connectivity index (χ2n) is 2.08. The Morgan fingerprint density at radius 3 is 3.00 bits per heavy atom. The molecule has 1 nitrogen and oxygen atoms in total. The Kier molecular flexibility index (Phi) is 1.19. The van der Waals surface area contributed by atoms with Crippen molar-refractivity contribution in [2.75, 3.05) is 5.75 Å². The molecule has 2 heterocycles. The van der Waals surface area contributed by atoms with Crippen LogP contribution in [0.15, 0.2) is 24.4 Å². The second kappa shape index (κ2) is 2.03. The molecule has 1 unspecified atom stereocenters. The van der Waals surface area contributed by atoms with E-state index in [0.717, 1.165) is 0 Å². The van der Waals surface area contributed by atoms with Crippen molar-refractivity contribution in [1.29, 1.82) is 0 Å². The van der Waals surface area contributed by atoms with Gasteiger partial charge in [-0.05, 0) is 12.1 Å². The maximum atomic E-state index is 4.22. The van der Waals surface area contributed by atoms with Crippen LogP contribution >= 0.6 is 11.8 Å². The molecule has 9 heavy (non-hydrogen) atoms. The molecule has 2 rings (SSSR count). The van der Waals surface area contributed by atoms with Gasteiger partial charge >= 0.3 is 0 Å². The van der Waals surface area contributed by atoms with Crippen LogP contribution in [0.2, 0.25) is 0 Å². The number of pyridine rings is 1. The van der Waals surface area contributed by atoms with Crippen molar-refractivity contribution < 1.29 is 0 Å². The van der Waals surface area contributed by atoms with Gasteiger partial charge in [0, 0.05) is 11.9 Å². The standard InChI is InChI=1S/C7H7NS/c1-2-4-8-6(3-1)7-5-9-7/h1-4,7H,5H2. The first kappa shape index (κ1) is 5.30. The lowest BCUT2D eigenvalue weighted by molar-refractivity contribution is 1.09. The summed E-state index contributed by atoms with van der Waals surface area (Å²) < 4.78 is 0. The molecular weight excluding hydrogens is 130 g/mol. The highest BCUT2D eigenvalue weighted by Gasteiger charge is 2.25. The molecule has 0 aromatic carbocycles. The minimum absolute atomic E-state index is 0.714. The first-order valence-corrected chi connectivity index (χ1v) is 4.04. The van der Waals surface area contributed by atoms with Crippen molar-refractivity contribution in [3.63, 3.8) is 0 Å². The zero-order valence-electron chi connectivity index (χ0n) is 4.95. The molecule has 0 bridgehead atoms. The Morgan fingerprint density at radius 2 is 2.44 bits per heavy atom. The molecule has 1 fully saturated rings. The van der Waals surface area contributed by atoms with Gasteiger partial charge in [0.05, 0.1) is 10.9 Å². The molecular formula is C7H7NS. The number of hydrogen-bond donors (Lipinski definition) is 0. The molecule has 2 heteroatoms. The van der Waals surface area contributed by atoms with Crippen molar-refractivity contribution in [3.05, 3.63) is 30.1 Å². The number of thioether (sulfide) groups is 1. The predicted molar refractivity (Wildman–Crippen MR) is 39.4 cm³/mol. The monoisotopic (exact) mass is 137 g/mol. The van der Waals surface area contributed by atoms with Crippen LogP contribution in [0.3, 0.4) is 0 Å². The minimum Gasteiger partial charge on any atom is -0.260 e. The number of hydrogen-bond acceptors (Lipinski definition) is 2. The summed E-state index contributed by atoms with van der Waals surface area (Å²) in [7, 11) is 0. The van der Waals surface area contributed by atoms with Crippen LogP contribution in [0.25, 0.3) is 0 Å². The van der Waals surface area contributed by atoms with Crippen molar-refractivity contribution in [2.24, 2.45) is 0 Å². The highest BCUT2D eigenvalue weighted by atomic mass is 32.2. The van der Waals surface area contributed by atoms with E-state index in [9.17, 15) is 0 Å². The van der Waals surface area contributed by atoms with Gasteiger partial charge in [-0.15, -0.1) is 11.8 Å². The van der Waals surface area contributed by atoms with Gasteiger partial charge in [-0.3, -0.25) is 4.98 Å². The van der Waals surface area contributed by atoms with Crippen molar-refractivity contribution in [1.82, 2.24) is 4.98 Å². The lowest BCUT2D eigenvalue weighted by atomic mass is 10.3. The summed E-state index contributed by atoms with van der Waals surface area (Å²) in [5.41, 5.74) is 1.24. The third-order valence-electron chi connectivity index (χ3n) is 1.35. The van der Waals surface area contributed by atoms with Gasteiger partial charge in [-0.2, -0.15) is 0 Å². The summed E-state index contributed by atoms with van der Waals surface area (Å²) in [4.78, 5) is 4.22. The summed E-state index contributed by atoms with van der Waals surface area (Å²) in [6, 6.07) is 6.09. The maximum Gasteiger partial charge on any atom is 0.0561 e. The molecule has 0 radical (unpaired) electrons. The Hall–Kier alpha value is -0.500. The molecule has 1 aliphatic rings. The first-order valence-electron chi connectivity index (χ1n) is 2.99. The zero-order valence-corrected chi connectivity index (χ0v) is 5.77. The van der Waals surface area contributed by atoms with E-state index in [1.165, 1.54) is 11.4 Å². The van der Waals surface area contributed by atoms with Crippen LogP contribution in [0.1, 0.15) is 10.9 Å². The third kappa shape index (κ3) is 1.08. The molecule has 0 spiro atoms. The Morgan fingerprint density at radius 1 is 1.56 bits per heavy atom. The lowest BCUT2D eigenvalue weighted by Gasteiger charge is -1.89. The fourth-order valence-electron chi connectivity index (χ4n) is 0.785. The van der Waals surface area contributed by atoms with Gasteiger partial charge in [-0.25, -0.2) is 0 Å². The third-order valence-corrected chi connectivity index (χ3v) is 2.26. The van der Waals surface area contributed by atoms with E-state index in [-0.39, 0.29) is 0 Å². The smallest absolute Gasteiger partial charge is 0.0561 e. The SMILES string of the molecule is c1ccc(C2CS2)nc1. The van der Waals surface area contributed by atoms with Crippen molar-refractivity contribution in [3.8, 4) is 0 Å². The molecule has 0 saturated carbocycles. The van der Waals surface area contributed by atoms with E-state index in [1.54, 1.807) is 0 Å². The van der Waals surface area contributed by atoms with Crippen LogP contribution in [-0.4, -0.2) is 10.7 Å². The molecule has 0 aliphatic carbocycles. The van der Waals surface area contributed by atoms with Crippen molar-refractivity contribution >= 4 is 11.8 Å². The van der Waals surface area contributed by atoms with Gasteiger partial charge in [0.2, 0.25) is 0 Å². The Balaban J connectivity index is 2.29. The van der Waals surface area contributed by atoms with Gasteiger partial charge in [-0.1, -0.05) is 6.07 Å². The molecule has 1 aliphatic heterocycles. The summed E-state index contributed by atoms with van der Waals surface area (Å²) in [6.07, 6.45) is 1.86. The minimum atomic E-state index is 0.714. The van der Waals surface area contributed by atoms with Gasteiger partial charge in [0.15, 0.2) is 0 Å². The van der Waals surface area contributed by atoms with Gasteiger partial charge < -0.3 is 0 Å². The van der Waals surface area contributed by atoms with Crippen LogP contribution in [0.5, 0.6) is 0 Å². The average Bonchev–Trinajstić information content (AvgIpc) is 2.71. The lowest BCUT2D eigenvalue weighted by Crippen LogP contribution is -1.81. The van der Waals surface area contributed by atoms with E-state index in [0.29, 0.717) is 5.25 Å². The van der Waals surface area contributed by atoms with Crippen LogP contribution < -0.4 is 0 Å². The maximum absolute atomic E-state index is 4.22. The van der Waals surface area contributed by atoms with Gasteiger partial charge in [0.25, 0.3) is 0 Å². The Labute approximate surface area is 58.5 Å². The van der Waals surface area contributed by atoms with E-state index in [2.05, 4.69) is 11.1 Å². The van der Waals surface area contributed by atoms with E-state index in [4.69, 9.17) is 0 Å². The quantitative estimate of drug-likeness (QED) is 0.548. The summed E-state index contributed by atoms with van der Waals surface area (Å²) in [6.45, 7) is 0. The molecule has 1 aromatic rings. The molecule has 1 aromatic heterocycles. The average molecular weight is 137 g/mol. The van der Waals surface area contributed by atoms with Gasteiger partial charge in [0.1, 0.15) is 0 Å². The first-order chi connectivity index (χ1) is 4.47. The normalized spacial score (nSPS) is 23.8. The fourth-order valence-corrected chi connectivity index (χ4v) is 1.36. The molecule has 0 amide bonds. The molecule has 1 saturated heterocycles. The zero-order chi connectivity index (χ0) is 6.10. The highest BCUT2D eigenvalue weighted by Crippen LogP contribution is 2.44. The topological polar surface area (TPSA) is 12.9 Å². The van der Waals surface area contributed by atoms with E-state index < -0.39 is 0 Å². The van der Waals surface area contributed by atoms with Crippen LogP contribution in [0.4, 0.5) is 0 Å². The van der Waals surface area contributed by atoms with Crippen LogP contribution in [0, 0.1) is 0 Å². The van der Waals surface area contributed by atoms with Crippen LogP contribution in [-0.2, 0) is 0 Å². The molecule has 46 valence electrons. The highest BCUT2D eigenvalue weighted by molar-refractivity contribution is 8.06. The second-order valence-corrected chi connectivity index (χ2v) is 3.31. The fraction of sp³-hybridized carbons (Fsp3) is 0.286. The van der Waals surface area contributed by atoms with E-state index >= 15 is 0 Å². The summed E-state index contributed by atoms with van der Waals surface area (Å²) >= 11 is 1.96.